The lowest BCUT2D eigenvalue weighted by Crippen LogP contribution is -2.58. The van der Waals surface area contributed by atoms with Gasteiger partial charge in [0.25, 0.3) is 0 Å². The summed E-state index contributed by atoms with van der Waals surface area (Å²) in [5.74, 6) is -0.925. The normalized spacial score (nSPS) is 31.1. The quantitative estimate of drug-likeness (QED) is 0.622. The molecule has 2 aliphatic rings. The number of fused-ring (bicyclic) bond motifs is 3. The first-order valence-corrected chi connectivity index (χ1v) is 7.94. The first-order chi connectivity index (χ1) is 11.3. The lowest BCUT2D eigenvalue weighted by atomic mass is 9.68. The molecule has 1 aromatic rings. The maximum absolute atomic E-state index is 12.7. The van der Waals surface area contributed by atoms with Crippen molar-refractivity contribution in [3.63, 3.8) is 0 Å². The number of rotatable bonds is 4. The minimum Gasteiger partial charge on any atom is -0.467 e. The van der Waals surface area contributed by atoms with Crippen molar-refractivity contribution in [2.75, 3.05) is 13.9 Å². The number of benzene rings is 1. The summed E-state index contributed by atoms with van der Waals surface area (Å²) in [6.45, 7) is 5.50. The number of Topliss-reactive ketones (excluding diaryl/α,β-unsaturated/α-hetero) is 1. The van der Waals surface area contributed by atoms with E-state index in [4.69, 9.17) is 18.9 Å². The van der Waals surface area contributed by atoms with E-state index in [1.165, 1.54) is 7.11 Å². The van der Waals surface area contributed by atoms with Crippen LogP contribution >= 0.6 is 0 Å². The highest BCUT2D eigenvalue weighted by Gasteiger charge is 2.56. The molecule has 1 aliphatic carbocycles. The Labute approximate surface area is 141 Å². The molecule has 1 aliphatic heterocycles. The van der Waals surface area contributed by atoms with Crippen molar-refractivity contribution >= 4 is 12.1 Å². The summed E-state index contributed by atoms with van der Waals surface area (Å²) in [5.41, 5.74) is 0.402. The minimum atomic E-state index is -0.933. The monoisotopic (exact) mass is 334 g/mol. The van der Waals surface area contributed by atoms with Crippen LogP contribution in [0.25, 0.3) is 0 Å². The number of hydrogen-bond donors (Lipinski definition) is 0. The van der Waals surface area contributed by atoms with Gasteiger partial charge in [0, 0.05) is 19.4 Å². The highest BCUT2D eigenvalue weighted by Crippen LogP contribution is 2.51. The standard InChI is InChI=1S/C18H22O6/c1-17(2)23-15(9-19)12-8-13(20)16-11(18(12,3)24-17)6-5-7-14(16)22-10-21-4/h5-7,9,12,15H,8,10H2,1-4H3/t12-,15-,18-/m1/s1. The van der Waals surface area contributed by atoms with Gasteiger partial charge in [-0.15, -0.1) is 0 Å². The summed E-state index contributed by atoms with van der Waals surface area (Å²) >= 11 is 0. The average molecular weight is 334 g/mol. The second kappa shape index (κ2) is 5.95. The van der Waals surface area contributed by atoms with Gasteiger partial charge in [0.2, 0.25) is 0 Å². The summed E-state index contributed by atoms with van der Waals surface area (Å²) in [5, 5.41) is 0. The Morgan fingerprint density at radius 1 is 1.33 bits per heavy atom. The third kappa shape index (κ3) is 2.64. The van der Waals surface area contributed by atoms with Gasteiger partial charge >= 0.3 is 0 Å². The molecule has 1 aromatic carbocycles. The molecule has 24 heavy (non-hydrogen) atoms. The van der Waals surface area contributed by atoms with Gasteiger partial charge in [0.15, 0.2) is 18.4 Å². The Bertz CT molecular complexity index is 667. The van der Waals surface area contributed by atoms with E-state index < -0.39 is 17.5 Å². The molecule has 0 saturated carbocycles. The van der Waals surface area contributed by atoms with Crippen molar-refractivity contribution < 1.29 is 28.5 Å². The van der Waals surface area contributed by atoms with Gasteiger partial charge in [0.1, 0.15) is 23.7 Å². The molecule has 0 N–H and O–H groups in total. The van der Waals surface area contributed by atoms with Gasteiger partial charge < -0.3 is 23.7 Å². The summed E-state index contributed by atoms with van der Waals surface area (Å²) in [7, 11) is 1.52. The first kappa shape index (κ1) is 17.1. The number of methoxy groups -OCH3 is 1. The predicted octanol–water partition coefficient (Wildman–Crippen LogP) is 2.44. The molecule has 1 fully saturated rings. The topological polar surface area (TPSA) is 71.1 Å². The van der Waals surface area contributed by atoms with Crippen LogP contribution in [0, 0.1) is 5.92 Å². The number of ether oxygens (including phenoxy) is 4. The predicted molar refractivity (Wildman–Crippen MR) is 84.8 cm³/mol. The van der Waals surface area contributed by atoms with E-state index >= 15 is 0 Å². The van der Waals surface area contributed by atoms with E-state index in [9.17, 15) is 9.59 Å². The lowest BCUT2D eigenvalue weighted by molar-refractivity contribution is -0.349. The summed E-state index contributed by atoms with van der Waals surface area (Å²) in [6, 6.07) is 5.40. The van der Waals surface area contributed by atoms with E-state index in [2.05, 4.69) is 0 Å². The SMILES string of the molecule is COCOc1cccc2c1C(=O)C[C@@H]1[C@@H](C=O)OC(C)(C)O[C@]21C. The zero-order valence-electron chi connectivity index (χ0n) is 14.3. The van der Waals surface area contributed by atoms with Crippen molar-refractivity contribution in [1.29, 1.82) is 0 Å². The molecular formula is C18H22O6. The smallest absolute Gasteiger partial charge is 0.188 e. The number of ketones is 1. The second-order valence-electron chi connectivity index (χ2n) is 6.79. The zero-order chi connectivity index (χ0) is 17.5. The molecule has 130 valence electrons. The first-order valence-electron chi connectivity index (χ1n) is 7.94. The van der Waals surface area contributed by atoms with Gasteiger partial charge in [-0.25, -0.2) is 0 Å². The molecule has 0 aromatic heterocycles. The Kier molecular flexibility index (Phi) is 4.23. The largest absolute Gasteiger partial charge is 0.467 e. The third-order valence-corrected chi connectivity index (χ3v) is 4.69. The fourth-order valence-electron chi connectivity index (χ4n) is 3.80. The Morgan fingerprint density at radius 3 is 2.75 bits per heavy atom. The molecule has 0 spiro atoms. The van der Waals surface area contributed by atoms with E-state index in [1.807, 2.05) is 19.1 Å². The molecule has 6 heteroatoms. The van der Waals surface area contributed by atoms with Gasteiger partial charge in [-0.1, -0.05) is 12.1 Å². The molecule has 1 heterocycles. The number of carbonyl (C=O) groups is 2. The number of aldehydes is 1. The van der Waals surface area contributed by atoms with Crippen molar-refractivity contribution in [2.45, 2.75) is 44.7 Å². The van der Waals surface area contributed by atoms with Crippen LogP contribution < -0.4 is 4.74 Å². The van der Waals surface area contributed by atoms with E-state index in [0.717, 1.165) is 11.8 Å². The van der Waals surface area contributed by atoms with Gasteiger partial charge in [0.05, 0.1) is 5.56 Å². The van der Waals surface area contributed by atoms with Gasteiger partial charge in [-0.3, -0.25) is 4.79 Å². The molecule has 0 radical (unpaired) electrons. The Balaban J connectivity index is 2.13. The van der Waals surface area contributed by atoms with Gasteiger partial charge in [-0.05, 0) is 32.4 Å². The summed E-state index contributed by atoms with van der Waals surface area (Å²) < 4.78 is 22.4. The van der Waals surface area contributed by atoms with Crippen molar-refractivity contribution in [3.8, 4) is 5.75 Å². The zero-order valence-corrected chi connectivity index (χ0v) is 14.3. The van der Waals surface area contributed by atoms with Gasteiger partial charge in [-0.2, -0.15) is 0 Å². The third-order valence-electron chi connectivity index (χ3n) is 4.69. The van der Waals surface area contributed by atoms with Crippen LogP contribution in [-0.4, -0.2) is 37.9 Å². The Morgan fingerprint density at radius 2 is 2.08 bits per heavy atom. The maximum atomic E-state index is 12.7. The van der Waals surface area contributed by atoms with Crippen LogP contribution in [0.4, 0.5) is 0 Å². The highest BCUT2D eigenvalue weighted by atomic mass is 16.7. The molecule has 0 bridgehead atoms. The highest BCUT2D eigenvalue weighted by molar-refractivity contribution is 6.02. The van der Waals surface area contributed by atoms with Crippen LogP contribution in [0.3, 0.4) is 0 Å². The lowest BCUT2D eigenvalue weighted by Gasteiger charge is -2.53. The molecule has 3 rings (SSSR count). The van der Waals surface area contributed by atoms with Crippen LogP contribution in [0.1, 0.15) is 43.1 Å². The second-order valence-corrected chi connectivity index (χ2v) is 6.79. The molecule has 3 atom stereocenters. The fraction of sp³-hybridized carbons (Fsp3) is 0.556. The van der Waals surface area contributed by atoms with Crippen LogP contribution in [0.5, 0.6) is 5.75 Å². The molecule has 6 nitrogen and oxygen atoms in total. The molecule has 1 saturated heterocycles. The van der Waals surface area contributed by atoms with Crippen molar-refractivity contribution in [3.05, 3.63) is 29.3 Å². The minimum absolute atomic E-state index is 0.0519. The van der Waals surface area contributed by atoms with E-state index in [1.54, 1.807) is 19.9 Å². The van der Waals surface area contributed by atoms with E-state index in [-0.39, 0.29) is 24.9 Å². The van der Waals surface area contributed by atoms with E-state index in [0.29, 0.717) is 11.3 Å². The number of carbonyl (C=O) groups excluding carboxylic acids is 2. The molecular weight excluding hydrogens is 312 g/mol. The van der Waals surface area contributed by atoms with Crippen LogP contribution in [-0.2, 0) is 24.6 Å². The summed E-state index contributed by atoms with van der Waals surface area (Å²) in [4.78, 5) is 24.3. The average Bonchev–Trinajstić information content (AvgIpc) is 2.53. The van der Waals surface area contributed by atoms with Crippen LogP contribution in [0.15, 0.2) is 18.2 Å². The fourth-order valence-corrected chi connectivity index (χ4v) is 3.80. The number of hydrogen-bond acceptors (Lipinski definition) is 6. The molecule has 0 unspecified atom stereocenters. The van der Waals surface area contributed by atoms with Crippen LogP contribution in [0.2, 0.25) is 0 Å². The van der Waals surface area contributed by atoms with Crippen molar-refractivity contribution in [2.24, 2.45) is 5.92 Å². The summed E-state index contributed by atoms with van der Waals surface area (Å²) in [6.07, 6.45) is 0.229. The Hall–Kier alpha value is -1.76. The van der Waals surface area contributed by atoms with Crippen molar-refractivity contribution in [1.82, 2.24) is 0 Å². The maximum Gasteiger partial charge on any atom is 0.188 e. The molecule has 0 amide bonds.